The third-order valence-corrected chi connectivity index (χ3v) is 4.66. The number of carboxylic acid groups (broad SMARTS) is 2. The molecular formula is C19H35N7O8. The van der Waals surface area contributed by atoms with Crippen LogP contribution in [0.1, 0.15) is 40.0 Å². The predicted molar refractivity (Wildman–Crippen MR) is 120 cm³/mol. The Morgan fingerprint density at radius 1 is 0.882 bits per heavy atom. The first-order valence-electron chi connectivity index (χ1n) is 10.5. The minimum atomic E-state index is -1.79. The number of hydrogen-bond donors (Lipinski definition) is 9. The minimum absolute atomic E-state index is 0.0457. The van der Waals surface area contributed by atoms with Crippen molar-refractivity contribution in [2.45, 2.75) is 70.3 Å². The summed E-state index contributed by atoms with van der Waals surface area (Å²) in [6.45, 7) is 4.73. The number of carbonyl (C=O) groups excluding carboxylic acids is 3. The number of aliphatic hydroxyl groups is 1. The Morgan fingerprint density at radius 3 is 1.88 bits per heavy atom. The monoisotopic (exact) mass is 489 g/mol. The van der Waals surface area contributed by atoms with Gasteiger partial charge in [-0.3, -0.25) is 24.2 Å². The maximum absolute atomic E-state index is 12.9. The molecule has 0 aromatic rings. The van der Waals surface area contributed by atoms with Gasteiger partial charge in [-0.25, -0.2) is 4.79 Å². The van der Waals surface area contributed by atoms with Crippen molar-refractivity contribution in [3.63, 3.8) is 0 Å². The zero-order valence-corrected chi connectivity index (χ0v) is 19.4. The standard InChI is InChI=1S/C19H35N7O8/c1-8(2)13(20)16(31)24-10(5-4-6-23-19(21)22)15(30)26-14(9(3)27)17(32)25-11(18(33)34)7-12(28)29/h8-11,13-14,27H,4-7,20H2,1-3H3,(H,24,31)(H,25,32)(H,26,30)(H,28,29)(H,33,34)(H4,21,22,23). The second kappa shape index (κ2) is 14.6. The average molecular weight is 490 g/mol. The Kier molecular flexibility index (Phi) is 13.2. The molecule has 34 heavy (non-hydrogen) atoms. The molecule has 15 nitrogen and oxygen atoms in total. The maximum atomic E-state index is 12.9. The Labute approximate surface area is 196 Å². The van der Waals surface area contributed by atoms with Crippen LogP contribution < -0.4 is 33.2 Å². The van der Waals surface area contributed by atoms with Crippen LogP contribution in [0.3, 0.4) is 0 Å². The number of guanidine groups is 1. The van der Waals surface area contributed by atoms with Gasteiger partial charge in [0.15, 0.2) is 5.96 Å². The summed E-state index contributed by atoms with van der Waals surface area (Å²) in [5.41, 5.74) is 16.3. The summed E-state index contributed by atoms with van der Waals surface area (Å²) >= 11 is 0. The number of aliphatic carboxylic acids is 2. The van der Waals surface area contributed by atoms with Gasteiger partial charge in [0.25, 0.3) is 0 Å². The highest BCUT2D eigenvalue weighted by Crippen LogP contribution is 2.05. The molecule has 0 aliphatic heterocycles. The lowest BCUT2D eigenvalue weighted by Crippen LogP contribution is -2.60. The Bertz CT molecular complexity index is 768. The number of aliphatic imine (C=N–C) groups is 1. The molecule has 0 saturated heterocycles. The van der Waals surface area contributed by atoms with Crippen LogP contribution in [-0.2, 0) is 24.0 Å². The summed E-state index contributed by atoms with van der Waals surface area (Å²) in [5, 5.41) is 34.6. The lowest BCUT2D eigenvalue weighted by Gasteiger charge is -2.26. The van der Waals surface area contributed by atoms with Gasteiger partial charge in [-0.05, 0) is 25.7 Å². The molecule has 12 N–H and O–H groups in total. The number of nitrogens with two attached hydrogens (primary N) is 3. The molecule has 0 fully saturated rings. The second-order valence-electron chi connectivity index (χ2n) is 8.00. The fourth-order valence-electron chi connectivity index (χ4n) is 2.64. The Hall–Kier alpha value is -3.46. The van der Waals surface area contributed by atoms with E-state index in [4.69, 9.17) is 27.4 Å². The predicted octanol–water partition coefficient (Wildman–Crippen LogP) is -3.58. The van der Waals surface area contributed by atoms with E-state index < -0.39 is 66.4 Å². The minimum Gasteiger partial charge on any atom is -0.481 e. The van der Waals surface area contributed by atoms with Crippen molar-refractivity contribution in [2.24, 2.45) is 28.1 Å². The molecule has 0 bridgehead atoms. The highest BCUT2D eigenvalue weighted by molar-refractivity contribution is 5.95. The van der Waals surface area contributed by atoms with Gasteiger partial charge in [-0.15, -0.1) is 0 Å². The molecule has 0 saturated carbocycles. The summed E-state index contributed by atoms with van der Waals surface area (Å²) in [6.07, 6.45) is -2.10. The summed E-state index contributed by atoms with van der Waals surface area (Å²) in [5.74, 6) is -6.09. The van der Waals surface area contributed by atoms with E-state index in [9.17, 15) is 29.1 Å². The van der Waals surface area contributed by atoms with Crippen LogP contribution in [0.2, 0.25) is 0 Å². The summed E-state index contributed by atoms with van der Waals surface area (Å²) in [7, 11) is 0. The van der Waals surface area contributed by atoms with E-state index >= 15 is 0 Å². The first-order chi connectivity index (χ1) is 15.7. The topological polar surface area (TPSA) is 273 Å². The number of nitrogens with one attached hydrogen (secondary N) is 3. The summed E-state index contributed by atoms with van der Waals surface area (Å²) < 4.78 is 0. The van der Waals surface area contributed by atoms with Crippen LogP contribution in [0.25, 0.3) is 0 Å². The zero-order chi connectivity index (χ0) is 26.6. The quantitative estimate of drug-likeness (QED) is 0.0616. The SMILES string of the molecule is CC(C)C(N)C(=O)NC(CCCN=C(N)N)C(=O)NC(C(=O)NC(CC(=O)O)C(=O)O)C(C)O. The van der Waals surface area contributed by atoms with Crippen LogP contribution >= 0.6 is 0 Å². The zero-order valence-electron chi connectivity index (χ0n) is 19.4. The molecule has 0 radical (unpaired) electrons. The van der Waals surface area contributed by atoms with Gasteiger partial charge in [-0.2, -0.15) is 0 Å². The Balaban J connectivity index is 5.54. The molecule has 0 rings (SSSR count). The van der Waals surface area contributed by atoms with Crippen molar-refractivity contribution in [3.8, 4) is 0 Å². The van der Waals surface area contributed by atoms with Gasteiger partial charge in [0.2, 0.25) is 17.7 Å². The molecule has 5 atom stereocenters. The molecule has 0 aromatic carbocycles. The molecule has 3 amide bonds. The van der Waals surface area contributed by atoms with Gasteiger partial charge in [0.1, 0.15) is 18.1 Å². The molecule has 0 aromatic heterocycles. The fraction of sp³-hybridized carbons (Fsp3) is 0.684. The van der Waals surface area contributed by atoms with Crippen molar-refractivity contribution in [2.75, 3.05) is 6.54 Å². The second-order valence-corrected chi connectivity index (χ2v) is 8.00. The maximum Gasteiger partial charge on any atom is 0.326 e. The number of carbonyl (C=O) groups is 5. The molecule has 0 heterocycles. The average Bonchev–Trinajstić information content (AvgIpc) is 2.71. The number of aliphatic hydroxyl groups excluding tert-OH is 1. The van der Waals surface area contributed by atoms with Gasteiger partial charge < -0.3 is 48.5 Å². The van der Waals surface area contributed by atoms with Crippen molar-refractivity contribution in [1.29, 1.82) is 0 Å². The van der Waals surface area contributed by atoms with Gasteiger partial charge in [-0.1, -0.05) is 13.8 Å². The lowest BCUT2D eigenvalue weighted by atomic mass is 10.0. The molecule has 5 unspecified atom stereocenters. The van der Waals surface area contributed by atoms with Crippen molar-refractivity contribution in [1.82, 2.24) is 16.0 Å². The Morgan fingerprint density at radius 2 is 1.44 bits per heavy atom. The van der Waals surface area contributed by atoms with E-state index in [2.05, 4.69) is 15.6 Å². The van der Waals surface area contributed by atoms with Crippen molar-refractivity contribution in [3.05, 3.63) is 0 Å². The van der Waals surface area contributed by atoms with Crippen LogP contribution in [0.4, 0.5) is 0 Å². The third kappa shape index (κ3) is 11.4. The van der Waals surface area contributed by atoms with Gasteiger partial charge >= 0.3 is 11.9 Å². The summed E-state index contributed by atoms with van der Waals surface area (Å²) in [6, 6.07) is -5.53. The number of carboxylic acids is 2. The molecular weight excluding hydrogens is 454 g/mol. The van der Waals surface area contributed by atoms with E-state index in [1.54, 1.807) is 13.8 Å². The number of amides is 3. The largest absolute Gasteiger partial charge is 0.481 e. The first-order valence-corrected chi connectivity index (χ1v) is 10.5. The van der Waals surface area contributed by atoms with Crippen LogP contribution in [-0.4, -0.2) is 87.8 Å². The van der Waals surface area contributed by atoms with Crippen LogP contribution in [0, 0.1) is 5.92 Å². The number of nitrogens with zero attached hydrogens (tertiary/aromatic N) is 1. The first kappa shape index (κ1) is 30.5. The lowest BCUT2D eigenvalue weighted by molar-refractivity contribution is -0.148. The smallest absolute Gasteiger partial charge is 0.326 e. The summed E-state index contributed by atoms with van der Waals surface area (Å²) in [4.78, 5) is 63.6. The normalized spacial score (nSPS) is 15.2. The molecule has 0 aliphatic rings. The van der Waals surface area contributed by atoms with E-state index in [1.807, 2.05) is 5.32 Å². The van der Waals surface area contributed by atoms with Crippen LogP contribution in [0.15, 0.2) is 4.99 Å². The molecule has 15 heteroatoms. The van der Waals surface area contributed by atoms with E-state index in [0.717, 1.165) is 0 Å². The molecule has 194 valence electrons. The fourth-order valence-corrected chi connectivity index (χ4v) is 2.64. The van der Waals surface area contributed by atoms with E-state index in [1.165, 1.54) is 6.92 Å². The molecule has 0 spiro atoms. The molecule has 0 aliphatic carbocycles. The number of hydrogen-bond acceptors (Lipinski definition) is 8. The highest BCUT2D eigenvalue weighted by Gasteiger charge is 2.33. The van der Waals surface area contributed by atoms with E-state index in [0.29, 0.717) is 0 Å². The highest BCUT2D eigenvalue weighted by atomic mass is 16.4. The van der Waals surface area contributed by atoms with E-state index in [-0.39, 0.29) is 31.3 Å². The van der Waals surface area contributed by atoms with Gasteiger partial charge in [0.05, 0.1) is 18.6 Å². The third-order valence-electron chi connectivity index (χ3n) is 4.66. The van der Waals surface area contributed by atoms with Crippen LogP contribution in [0.5, 0.6) is 0 Å². The van der Waals surface area contributed by atoms with Crippen molar-refractivity contribution >= 4 is 35.6 Å². The number of rotatable bonds is 15. The van der Waals surface area contributed by atoms with Crippen molar-refractivity contribution < 1.29 is 39.3 Å². The van der Waals surface area contributed by atoms with Gasteiger partial charge in [0, 0.05) is 6.54 Å².